The Balaban J connectivity index is 1.92. The Hall–Kier alpha value is -2.54. The van der Waals surface area contributed by atoms with E-state index in [1.807, 2.05) is 62.9 Å². The number of nitrogens with zero attached hydrogens (tertiary/aromatic N) is 5. The highest BCUT2D eigenvalue weighted by Gasteiger charge is 2.29. The molecule has 0 spiro atoms. The van der Waals surface area contributed by atoms with Crippen LogP contribution in [0.3, 0.4) is 0 Å². The summed E-state index contributed by atoms with van der Waals surface area (Å²) in [5.74, 6) is 1.47. The van der Waals surface area contributed by atoms with Gasteiger partial charge in [-0.05, 0) is 39.3 Å². The molecular weight excluding hydrogens is 342 g/mol. The van der Waals surface area contributed by atoms with Crippen LogP contribution in [-0.2, 0) is 22.5 Å². The Bertz CT molecular complexity index is 808. The van der Waals surface area contributed by atoms with Crippen LogP contribution in [0, 0.1) is 0 Å². The van der Waals surface area contributed by atoms with Crippen molar-refractivity contribution in [3.05, 3.63) is 35.7 Å². The first-order valence-corrected chi connectivity index (χ1v) is 9.29. The maximum atomic E-state index is 12.8. The van der Waals surface area contributed by atoms with Gasteiger partial charge in [0.25, 0.3) is 5.91 Å². The maximum Gasteiger partial charge on any atom is 0.251 e. The lowest BCUT2D eigenvalue weighted by Crippen LogP contribution is -2.43. The molecule has 0 N–H and O–H groups in total. The zero-order valence-corrected chi connectivity index (χ0v) is 16.6. The number of hydrogen-bond donors (Lipinski definition) is 0. The number of rotatable bonds is 5. The molecule has 7 heteroatoms. The minimum absolute atomic E-state index is 0.00116. The van der Waals surface area contributed by atoms with Gasteiger partial charge in [-0.1, -0.05) is 6.07 Å². The van der Waals surface area contributed by atoms with Gasteiger partial charge < -0.3 is 14.5 Å². The molecule has 2 aromatic heterocycles. The summed E-state index contributed by atoms with van der Waals surface area (Å²) in [5, 5.41) is 0. The summed E-state index contributed by atoms with van der Waals surface area (Å²) in [5.41, 5.74) is 2.70. The quantitative estimate of drug-likeness (QED) is 0.805. The lowest BCUT2D eigenvalue weighted by atomic mass is 10.0. The SMILES string of the molecule is CC(C)OC(C)C(=O)N1CCc2c(nc(-c3ccccn3)nc2N(C)C)C1. The van der Waals surface area contributed by atoms with E-state index in [-0.39, 0.29) is 12.0 Å². The molecule has 1 aliphatic rings. The molecule has 0 saturated heterocycles. The van der Waals surface area contributed by atoms with Crippen molar-refractivity contribution >= 4 is 11.7 Å². The average molecular weight is 369 g/mol. The second kappa shape index (κ2) is 8.00. The molecule has 144 valence electrons. The summed E-state index contributed by atoms with van der Waals surface area (Å²) in [7, 11) is 3.95. The molecule has 1 amide bonds. The van der Waals surface area contributed by atoms with Crippen molar-refractivity contribution < 1.29 is 9.53 Å². The molecule has 0 bridgehead atoms. The van der Waals surface area contributed by atoms with Crippen LogP contribution in [0.4, 0.5) is 5.82 Å². The first-order valence-electron chi connectivity index (χ1n) is 9.29. The van der Waals surface area contributed by atoms with Gasteiger partial charge >= 0.3 is 0 Å². The Morgan fingerprint density at radius 3 is 2.63 bits per heavy atom. The van der Waals surface area contributed by atoms with E-state index in [0.29, 0.717) is 18.9 Å². The van der Waals surface area contributed by atoms with Crippen molar-refractivity contribution in [1.82, 2.24) is 19.9 Å². The zero-order chi connectivity index (χ0) is 19.6. The third-order valence-electron chi connectivity index (χ3n) is 4.50. The number of amides is 1. The van der Waals surface area contributed by atoms with Gasteiger partial charge in [0.05, 0.1) is 18.3 Å². The van der Waals surface area contributed by atoms with Gasteiger partial charge in [0.15, 0.2) is 5.82 Å². The van der Waals surface area contributed by atoms with E-state index < -0.39 is 6.10 Å². The maximum absolute atomic E-state index is 12.8. The lowest BCUT2D eigenvalue weighted by Gasteiger charge is -2.32. The standard InChI is InChI=1S/C20H27N5O2/c1-13(2)27-14(3)20(26)25-11-9-15-17(12-25)22-18(23-19(15)24(4)5)16-8-6-7-10-21-16/h6-8,10,13-14H,9,11-12H2,1-5H3. The van der Waals surface area contributed by atoms with E-state index in [1.54, 1.807) is 6.20 Å². The molecule has 3 heterocycles. The highest BCUT2D eigenvalue weighted by atomic mass is 16.5. The van der Waals surface area contributed by atoms with Gasteiger partial charge in [-0.15, -0.1) is 0 Å². The molecule has 7 nitrogen and oxygen atoms in total. The molecule has 0 aromatic carbocycles. The largest absolute Gasteiger partial charge is 0.366 e. The van der Waals surface area contributed by atoms with E-state index >= 15 is 0 Å². The van der Waals surface area contributed by atoms with Crippen molar-refractivity contribution in [2.45, 2.75) is 45.9 Å². The van der Waals surface area contributed by atoms with Gasteiger partial charge in [-0.3, -0.25) is 9.78 Å². The second-order valence-corrected chi connectivity index (χ2v) is 7.24. The van der Waals surface area contributed by atoms with Crippen molar-refractivity contribution in [3.8, 4) is 11.5 Å². The van der Waals surface area contributed by atoms with Crippen LogP contribution in [0.25, 0.3) is 11.5 Å². The fourth-order valence-corrected chi connectivity index (χ4v) is 3.30. The first kappa shape index (κ1) is 19.2. The summed E-state index contributed by atoms with van der Waals surface area (Å²) in [6, 6.07) is 5.68. The van der Waals surface area contributed by atoms with E-state index in [4.69, 9.17) is 14.7 Å². The Labute approximate surface area is 160 Å². The van der Waals surface area contributed by atoms with Crippen LogP contribution in [0.2, 0.25) is 0 Å². The predicted octanol–water partition coefficient (Wildman–Crippen LogP) is 2.30. The monoisotopic (exact) mass is 369 g/mol. The number of pyridine rings is 1. The number of fused-ring (bicyclic) bond motifs is 1. The smallest absolute Gasteiger partial charge is 0.251 e. The summed E-state index contributed by atoms with van der Waals surface area (Å²) >= 11 is 0. The number of hydrogen-bond acceptors (Lipinski definition) is 6. The zero-order valence-electron chi connectivity index (χ0n) is 16.6. The van der Waals surface area contributed by atoms with E-state index in [1.165, 1.54) is 0 Å². The molecular formula is C20H27N5O2. The summed E-state index contributed by atoms with van der Waals surface area (Å²) < 4.78 is 5.67. The molecule has 1 aliphatic heterocycles. The topological polar surface area (TPSA) is 71.5 Å². The number of ether oxygens (including phenoxy) is 1. The Kier molecular flexibility index (Phi) is 5.70. The van der Waals surface area contributed by atoms with Crippen molar-refractivity contribution in [1.29, 1.82) is 0 Å². The van der Waals surface area contributed by atoms with Crippen LogP contribution >= 0.6 is 0 Å². The number of anilines is 1. The van der Waals surface area contributed by atoms with Gasteiger partial charge in [0, 0.05) is 32.4 Å². The minimum Gasteiger partial charge on any atom is -0.366 e. The fraction of sp³-hybridized carbons (Fsp3) is 0.500. The van der Waals surface area contributed by atoms with Gasteiger partial charge in [-0.2, -0.15) is 0 Å². The van der Waals surface area contributed by atoms with Crippen LogP contribution < -0.4 is 4.90 Å². The first-order chi connectivity index (χ1) is 12.9. The molecule has 0 aliphatic carbocycles. The molecule has 0 radical (unpaired) electrons. The molecule has 0 fully saturated rings. The minimum atomic E-state index is -0.461. The highest BCUT2D eigenvalue weighted by molar-refractivity contribution is 5.81. The summed E-state index contributed by atoms with van der Waals surface area (Å²) in [6.07, 6.45) is 2.01. The van der Waals surface area contributed by atoms with Gasteiger partial charge in [0.2, 0.25) is 0 Å². The third kappa shape index (κ3) is 4.24. The van der Waals surface area contributed by atoms with Crippen molar-refractivity contribution in [3.63, 3.8) is 0 Å². The Morgan fingerprint density at radius 2 is 2.00 bits per heavy atom. The van der Waals surface area contributed by atoms with Crippen LogP contribution in [0.5, 0.6) is 0 Å². The number of carbonyl (C=O) groups is 1. The van der Waals surface area contributed by atoms with Gasteiger partial charge in [0.1, 0.15) is 17.6 Å². The summed E-state index contributed by atoms with van der Waals surface area (Å²) in [6.45, 7) is 6.78. The number of carbonyl (C=O) groups excluding carboxylic acids is 1. The molecule has 1 atom stereocenters. The Morgan fingerprint density at radius 1 is 1.22 bits per heavy atom. The van der Waals surface area contributed by atoms with Gasteiger partial charge in [-0.25, -0.2) is 9.97 Å². The summed E-state index contributed by atoms with van der Waals surface area (Å²) in [4.78, 5) is 30.4. The van der Waals surface area contributed by atoms with Crippen molar-refractivity contribution in [2.24, 2.45) is 0 Å². The van der Waals surface area contributed by atoms with Crippen molar-refractivity contribution in [2.75, 3.05) is 25.5 Å². The predicted molar refractivity (Wildman–Crippen MR) is 104 cm³/mol. The fourth-order valence-electron chi connectivity index (χ4n) is 3.30. The second-order valence-electron chi connectivity index (χ2n) is 7.24. The van der Waals surface area contributed by atoms with Crippen LogP contribution in [0.1, 0.15) is 32.0 Å². The van der Waals surface area contributed by atoms with E-state index in [0.717, 1.165) is 29.2 Å². The molecule has 2 aromatic rings. The third-order valence-corrected chi connectivity index (χ3v) is 4.50. The molecule has 0 saturated carbocycles. The highest BCUT2D eigenvalue weighted by Crippen LogP contribution is 2.28. The van der Waals surface area contributed by atoms with Crippen LogP contribution in [-0.4, -0.2) is 58.6 Å². The van der Waals surface area contributed by atoms with E-state index in [2.05, 4.69) is 4.98 Å². The lowest BCUT2D eigenvalue weighted by molar-refractivity contribution is -0.146. The van der Waals surface area contributed by atoms with E-state index in [9.17, 15) is 4.79 Å². The normalized spacial score (nSPS) is 14.8. The molecule has 1 unspecified atom stereocenters. The number of aromatic nitrogens is 3. The molecule has 3 rings (SSSR count). The average Bonchev–Trinajstić information content (AvgIpc) is 2.66. The molecule has 27 heavy (non-hydrogen) atoms. The van der Waals surface area contributed by atoms with Crippen LogP contribution in [0.15, 0.2) is 24.4 Å².